The number of rotatable bonds is 9. The predicted molar refractivity (Wildman–Crippen MR) is 122 cm³/mol. The first-order valence-electron chi connectivity index (χ1n) is 9.32. The Kier molecular flexibility index (Phi) is 7.89. The van der Waals surface area contributed by atoms with E-state index in [-0.39, 0.29) is 11.7 Å². The second kappa shape index (κ2) is 10.4. The van der Waals surface area contributed by atoms with E-state index in [1.165, 1.54) is 17.4 Å². The molecule has 4 nitrogen and oxygen atoms in total. The highest BCUT2D eigenvalue weighted by Gasteiger charge is 2.20. The number of halogens is 2. The molecule has 0 fully saturated rings. The molecule has 2 aromatic carbocycles. The lowest BCUT2D eigenvalue weighted by Crippen LogP contribution is -2.36. The Morgan fingerprint density at radius 3 is 2.62 bits per heavy atom. The molecule has 0 atom stereocenters. The second-order valence-electron chi connectivity index (χ2n) is 6.84. The van der Waals surface area contributed by atoms with Gasteiger partial charge in [0.05, 0.1) is 4.70 Å². The third-order valence-corrected chi connectivity index (χ3v) is 6.67. The van der Waals surface area contributed by atoms with Crippen molar-refractivity contribution in [1.82, 2.24) is 9.88 Å². The van der Waals surface area contributed by atoms with Crippen molar-refractivity contribution in [3.8, 4) is 0 Å². The Morgan fingerprint density at radius 1 is 1.17 bits per heavy atom. The molecule has 8 heteroatoms. The Bertz CT molecular complexity index is 962. The lowest BCUT2D eigenvalue weighted by molar-refractivity contribution is -0.118. The summed E-state index contributed by atoms with van der Waals surface area (Å²) in [5, 5.41) is 1.27. The predicted octanol–water partition coefficient (Wildman–Crippen LogP) is 5.56. The fourth-order valence-electron chi connectivity index (χ4n) is 2.72. The van der Waals surface area contributed by atoms with Crippen LogP contribution in [-0.2, 0) is 4.79 Å². The molecule has 0 spiro atoms. The summed E-state index contributed by atoms with van der Waals surface area (Å²) in [6.07, 6.45) is 1.18. The van der Waals surface area contributed by atoms with Gasteiger partial charge in [-0.05, 0) is 62.7 Å². The summed E-state index contributed by atoms with van der Waals surface area (Å²) in [7, 11) is 3.92. The molecular formula is C21H23ClFN3OS2. The zero-order valence-electron chi connectivity index (χ0n) is 16.4. The SMILES string of the molecule is CN(C)CCN(C(=O)CCCSc1ccc(Cl)cc1)c1nc2c(F)cccc2s1. The summed E-state index contributed by atoms with van der Waals surface area (Å²) in [5.74, 6) is 0.496. The minimum atomic E-state index is -0.357. The standard InChI is InChI=1S/C21H23ClFN3OS2/c1-25(2)12-13-26(21-24-20-17(23)5-3-6-18(20)29-21)19(27)7-4-14-28-16-10-8-15(22)9-11-16/h3,5-6,8-11H,4,7,12-14H2,1-2H3. The van der Waals surface area contributed by atoms with E-state index in [1.54, 1.807) is 22.7 Å². The number of thioether (sulfide) groups is 1. The highest BCUT2D eigenvalue weighted by Crippen LogP contribution is 2.31. The first-order chi connectivity index (χ1) is 13.9. The largest absolute Gasteiger partial charge is 0.308 e. The van der Waals surface area contributed by atoms with Gasteiger partial charge in [-0.25, -0.2) is 9.37 Å². The molecule has 0 N–H and O–H groups in total. The maximum absolute atomic E-state index is 14.0. The first-order valence-corrected chi connectivity index (χ1v) is 11.5. The lowest BCUT2D eigenvalue weighted by Gasteiger charge is -2.22. The topological polar surface area (TPSA) is 36.4 Å². The third kappa shape index (κ3) is 6.15. The molecule has 0 aliphatic rings. The van der Waals surface area contributed by atoms with E-state index in [0.29, 0.717) is 35.2 Å². The van der Waals surface area contributed by atoms with Gasteiger partial charge in [-0.1, -0.05) is 29.0 Å². The lowest BCUT2D eigenvalue weighted by atomic mass is 10.3. The van der Waals surface area contributed by atoms with Crippen molar-refractivity contribution in [3.05, 3.63) is 53.3 Å². The van der Waals surface area contributed by atoms with Crippen LogP contribution in [0, 0.1) is 5.82 Å². The summed E-state index contributed by atoms with van der Waals surface area (Å²) < 4.78 is 14.8. The summed E-state index contributed by atoms with van der Waals surface area (Å²) >= 11 is 8.96. The van der Waals surface area contributed by atoms with Crippen molar-refractivity contribution in [2.24, 2.45) is 0 Å². The summed E-state index contributed by atoms with van der Waals surface area (Å²) in [4.78, 5) is 22.2. The monoisotopic (exact) mass is 451 g/mol. The van der Waals surface area contributed by atoms with Gasteiger partial charge in [0.25, 0.3) is 0 Å². The molecule has 1 heterocycles. The van der Waals surface area contributed by atoms with E-state index in [2.05, 4.69) is 4.98 Å². The van der Waals surface area contributed by atoms with E-state index in [9.17, 15) is 9.18 Å². The number of fused-ring (bicyclic) bond motifs is 1. The van der Waals surface area contributed by atoms with Crippen LogP contribution in [0.5, 0.6) is 0 Å². The number of carbonyl (C=O) groups excluding carboxylic acids is 1. The molecule has 0 saturated heterocycles. The first kappa shape index (κ1) is 22.0. The third-order valence-electron chi connectivity index (χ3n) is 4.28. The van der Waals surface area contributed by atoms with Crippen molar-refractivity contribution in [1.29, 1.82) is 0 Å². The van der Waals surface area contributed by atoms with Crippen molar-refractivity contribution in [3.63, 3.8) is 0 Å². The smallest absolute Gasteiger partial charge is 0.228 e. The van der Waals surface area contributed by atoms with Crippen LogP contribution in [-0.4, -0.2) is 48.7 Å². The van der Waals surface area contributed by atoms with Gasteiger partial charge < -0.3 is 4.90 Å². The molecular weight excluding hydrogens is 429 g/mol. The van der Waals surface area contributed by atoms with E-state index in [0.717, 1.165) is 21.8 Å². The minimum absolute atomic E-state index is 0.0167. The van der Waals surface area contributed by atoms with Crippen molar-refractivity contribution in [2.45, 2.75) is 17.7 Å². The van der Waals surface area contributed by atoms with Crippen LogP contribution in [0.25, 0.3) is 10.2 Å². The molecule has 154 valence electrons. The fraction of sp³-hybridized carbons (Fsp3) is 0.333. The summed E-state index contributed by atoms with van der Waals surface area (Å²) in [6, 6.07) is 12.6. The molecule has 29 heavy (non-hydrogen) atoms. The van der Waals surface area contributed by atoms with Crippen LogP contribution in [0.15, 0.2) is 47.4 Å². The molecule has 1 aromatic heterocycles. The Labute approximate surface area is 183 Å². The van der Waals surface area contributed by atoms with Crippen molar-refractivity contribution >= 4 is 56.0 Å². The Balaban J connectivity index is 1.64. The zero-order valence-corrected chi connectivity index (χ0v) is 18.8. The van der Waals surface area contributed by atoms with Gasteiger partial charge in [0.15, 0.2) is 5.13 Å². The number of hydrogen-bond donors (Lipinski definition) is 0. The molecule has 3 aromatic rings. The molecule has 0 aliphatic heterocycles. The van der Waals surface area contributed by atoms with E-state index in [1.807, 2.05) is 49.3 Å². The number of nitrogens with zero attached hydrogens (tertiary/aromatic N) is 3. The average molecular weight is 452 g/mol. The van der Waals surface area contributed by atoms with Crippen LogP contribution >= 0.6 is 34.7 Å². The minimum Gasteiger partial charge on any atom is -0.308 e. The Hall–Kier alpha value is -1.67. The zero-order chi connectivity index (χ0) is 20.8. The number of benzene rings is 2. The number of likely N-dealkylation sites (N-methyl/N-ethyl adjacent to an activating group) is 1. The molecule has 3 rings (SSSR count). The van der Waals surface area contributed by atoms with Gasteiger partial charge in [0, 0.05) is 29.4 Å². The van der Waals surface area contributed by atoms with Crippen LogP contribution in [0.4, 0.5) is 9.52 Å². The van der Waals surface area contributed by atoms with Crippen LogP contribution in [0.3, 0.4) is 0 Å². The number of carbonyl (C=O) groups is 1. The molecule has 0 saturated carbocycles. The maximum atomic E-state index is 14.0. The summed E-state index contributed by atoms with van der Waals surface area (Å²) in [6.45, 7) is 1.24. The van der Waals surface area contributed by atoms with Gasteiger partial charge in [-0.2, -0.15) is 0 Å². The van der Waals surface area contributed by atoms with E-state index >= 15 is 0 Å². The van der Waals surface area contributed by atoms with Crippen molar-refractivity contribution < 1.29 is 9.18 Å². The Morgan fingerprint density at radius 2 is 1.93 bits per heavy atom. The number of anilines is 1. The second-order valence-corrected chi connectivity index (χ2v) is 9.45. The highest BCUT2D eigenvalue weighted by molar-refractivity contribution is 7.99. The van der Waals surface area contributed by atoms with Crippen LogP contribution < -0.4 is 4.90 Å². The van der Waals surface area contributed by atoms with Gasteiger partial charge in [-0.3, -0.25) is 9.69 Å². The number of hydrogen-bond acceptors (Lipinski definition) is 5. The number of aromatic nitrogens is 1. The van der Waals surface area contributed by atoms with E-state index < -0.39 is 0 Å². The highest BCUT2D eigenvalue weighted by atomic mass is 35.5. The fourth-order valence-corrected chi connectivity index (χ4v) is 4.73. The molecule has 0 aliphatic carbocycles. The average Bonchev–Trinajstić information content (AvgIpc) is 3.12. The molecule has 1 amide bonds. The van der Waals surface area contributed by atoms with Crippen LogP contribution in [0.1, 0.15) is 12.8 Å². The molecule has 0 unspecified atom stereocenters. The molecule has 0 radical (unpaired) electrons. The number of thiazole rings is 1. The number of para-hydroxylation sites is 1. The van der Waals surface area contributed by atoms with Gasteiger partial charge >= 0.3 is 0 Å². The normalized spacial score (nSPS) is 11.3. The van der Waals surface area contributed by atoms with Crippen molar-refractivity contribution in [2.75, 3.05) is 37.8 Å². The maximum Gasteiger partial charge on any atom is 0.228 e. The van der Waals surface area contributed by atoms with Gasteiger partial charge in [0.1, 0.15) is 11.3 Å². The van der Waals surface area contributed by atoms with Gasteiger partial charge in [0.2, 0.25) is 5.91 Å². The van der Waals surface area contributed by atoms with Crippen LogP contribution in [0.2, 0.25) is 5.02 Å². The summed E-state index contributed by atoms with van der Waals surface area (Å²) in [5.41, 5.74) is 0.327. The quantitative estimate of drug-likeness (QED) is 0.315. The molecule has 0 bridgehead atoms. The number of amides is 1. The van der Waals surface area contributed by atoms with Gasteiger partial charge in [-0.15, -0.1) is 11.8 Å². The van der Waals surface area contributed by atoms with E-state index in [4.69, 9.17) is 11.6 Å².